The third-order valence-electron chi connectivity index (χ3n) is 3.17. The molecule has 0 aromatic carbocycles. The van der Waals surface area contributed by atoms with Crippen LogP contribution in [0.25, 0.3) is 0 Å². The molecule has 2 unspecified atom stereocenters. The first-order valence-corrected chi connectivity index (χ1v) is 5.56. The van der Waals surface area contributed by atoms with Crippen LogP contribution in [0.1, 0.15) is 33.6 Å². The number of carbonyl (C=O) groups is 1. The number of amides is 1. The zero-order valence-electron chi connectivity index (χ0n) is 9.56. The van der Waals surface area contributed by atoms with Gasteiger partial charge in [0.05, 0.1) is 12.1 Å². The van der Waals surface area contributed by atoms with Crippen LogP contribution in [0.5, 0.6) is 0 Å². The predicted octanol–water partition coefficient (Wildman–Crippen LogP) is 1.38. The zero-order chi connectivity index (χ0) is 11.2. The largest absolute Gasteiger partial charge is 0.444 e. The van der Waals surface area contributed by atoms with Crippen molar-refractivity contribution in [2.75, 3.05) is 6.54 Å². The quantitative estimate of drug-likeness (QED) is 0.661. The summed E-state index contributed by atoms with van der Waals surface area (Å²) in [6.45, 7) is 6.22. The van der Waals surface area contributed by atoms with Crippen molar-refractivity contribution in [3.05, 3.63) is 0 Å². The highest BCUT2D eigenvalue weighted by molar-refractivity contribution is 5.69. The number of likely N-dealkylation sites (tertiary alicyclic amines) is 1. The van der Waals surface area contributed by atoms with Crippen molar-refractivity contribution in [2.45, 2.75) is 51.4 Å². The molecule has 1 saturated heterocycles. The number of carbonyl (C=O) groups excluding carboxylic acids is 1. The second-order valence-corrected chi connectivity index (χ2v) is 5.53. The smallest absolute Gasteiger partial charge is 0.410 e. The molecule has 4 nitrogen and oxygen atoms in total. The van der Waals surface area contributed by atoms with Gasteiger partial charge in [-0.2, -0.15) is 0 Å². The summed E-state index contributed by atoms with van der Waals surface area (Å²) < 4.78 is 5.30. The van der Waals surface area contributed by atoms with Gasteiger partial charge < -0.3 is 14.7 Å². The highest BCUT2D eigenvalue weighted by Gasteiger charge is 2.48. The number of piperidine rings is 1. The minimum absolute atomic E-state index is 0.00940. The lowest BCUT2D eigenvalue weighted by atomic mass is 10.1. The van der Waals surface area contributed by atoms with E-state index in [-0.39, 0.29) is 24.2 Å². The molecule has 3 atom stereocenters. The Morgan fingerprint density at radius 3 is 2.47 bits per heavy atom. The molecule has 1 aliphatic heterocycles. The normalized spacial score (nSPS) is 34.7. The van der Waals surface area contributed by atoms with Gasteiger partial charge in [0.15, 0.2) is 0 Å². The van der Waals surface area contributed by atoms with Crippen molar-refractivity contribution >= 4 is 6.09 Å². The molecule has 0 spiro atoms. The molecule has 15 heavy (non-hydrogen) atoms. The molecule has 2 rings (SSSR count). The zero-order valence-corrected chi connectivity index (χ0v) is 9.56. The molecule has 0 aromatic heterocycles. The van der Waals surface area contributed by atoms with E-state index in [1.165, 1.54) is 0 Å². The van der Waals surface area contributed by atoms with E-state index in [4.69, 9.17) is 4.74 Å². The van der Waals surface area contributed by atoms with Crippen LogP contribution in [-0.2, 0) is 4.74 Å². The molecule has 1 N–H and O–H groups in total. The molecule has 0 radical (unpaired) electrons. The van der Waals surface area contributed by atoms with Crippen molar-refractivity contribution < 1.29 is 14.6 Å². The minimum Gasteiger partial charge on any atom is -0.444 e. The van der Waals surface area contributed by atoms with Gasteiger partial charge in [0, 0.05) is 12.5 Å². The van der Waals surface area contributed by atoms with Crippen LogP contribution in [0.2, 0.25) is 0 Å². The first-order chi connectivity index (χ1) is 6.88. The summed E-state index contributed by atoms with van der Waals surface area (Å²) in [6, 6.07) is -0.00940. The highest BCUT2D eigenvalue weighted by Crippen LogP contribution is 2.38. The lowest BCUT2D eigenvalue weighted by Crippen LogP contribution is -2.42. The molecule has 1 heterocycles. The number of rotatable bonds is 0. The summed E-state index contributed by atoms with van der Waals surface area (Å²) in [4.78, 5) is 13.5. The number of hydrogen-bond acceptors (Lipinski definition) is 3. The summed E-state index contributed by atoms with van der Waals surface area (Å²) in [5.41, 5.74) is -0.454. The maximum atomic E-state index is 11.8. The fourth-order valence-electron chi connectivity index (χ4n) is 2.50. The molecule has 1 amide bonds. The number of hydrogen-bond donors (Lipinski definition) is 1. The van der Waals surface area contributed by atoms with Crippen molar-refractivity contribution in [1.29, 1.82) is 0 Å². The van der Waals surface area contributed by atoms with E-state index in [9.17, 15) is 9.90 Å². The number of fused-ring (bicyclic) bond motifs is 2. The number of ether oxygens (including phenoxy) is 1. The summed E-state index contributed by atoms with van der Waals surface area (Å²) in [7, 11) is 0. The summed E-state index contributed by atoms with van der Waals surface area (Å²) >= 11 is 0. The Morgan fingerprint density at radius 2 is 2.07 bits per heavy atom. The molecule has 2 bridgehead atoms. The van der Waals surface area contributed by atoms with E-state index in [1.807, 2.05) is 20.8 Å². The topological polar surface area (TPSA) is 49.8 Å². The molecule has 2 aliphatic rings. The van der Waals surface area contributed by atoms with Crippen LogP contribution in [0.15, 0.2) is 0 Å². The first kappa shape index (κ1) is 10.7. The van der Waals surface area contributed by atoms with Gasteiger partial charge in [0.1, 0.15) is 5.60 Å². The fraction of sp³-hybridized carbons (Fsp3) is 0.909. The Kier molecular flexibility index (Phi) is 2.41. The Hall–Kier alpha value is -0.770. The molecule has 1 aliphatic carbocycles. The average Bonchev–Trinajstić information content (AvgIpc) is 2.59. The fourth-order valence-corrected chi connectivity index (χ4v) is 2.50. The molecule has 86 valence electrons. The van der Waals surface area contributed by atoms with Gasteiger partial charge in [-0.15, -0.1) is 0 Å². The monoisotopic (exact) mass is 213 g/mol. The molecule has 1 saturated carbocycles. The van der Waals surface area contributed by atoms with Crippen molar-refractivity contribution in [3.63, 3.8) is 0 Å². The van der Waals surface area contributed by atoms with E-state index in [2.05, 4.69) is 0 Å². The van der Waals surface area contributed by atoms with Crippen LogP contribution in [0, 0.1) is 5.92 Å². The van der Waals surface area contributed by atoms with Crippen molar-refractivity contribution in [3.8, 4) is 0 Å². The highest BCUT2D eigenvalue weighted by atomic mass is 16.6. The Labute approximate surface area is 90.2 Å². The second-order valence-electron chi connectivity index (χ2n) is 5.53. The molecular formula is C11H19NO3. The molecule has 2 fully saturated rings. The Balaban J connectivity index is 1.99. The van der Waals surface area contributed by atoms with Crippen molar-refractivity contribution in [2.24, 2.45) is 5.92 Å². The van der Waals surface area contributed by atoms with E-state index in [0.29, 0.717) is 6.54 Å². The molecule has 4 heteroatoms. The van der Waals surface area contributed by atoms with Gasteiger partial charge in [-0.05, 0) is 33.6 Å². The van der Waals surface area contributed by atoms with Crippen LogP contribution < -0.4 is 0 Å². The summed E-state index contributed by atoms with van der Waals surface area (Å²) in [5, 5.41) is 9.80. The van der Waals surface area contributed by atoms with E-state index in [1.54, 1.807) is 4.90 Å². The standard InChI is InChI=1S/C11H19NO3/c1-11(2,3)15-10(14)12-6-7-4-5-8(12)9(7)13/h7-9,13H,4-6H2,1-3H3/t7?,8-,9?/m1/s1. The maximum absolute atomic E-state index is 11.8. The van der Waals surface area contributed by atoms with Crippen LogP contribution >= 0.6 is 0 Å². The Bertz CT molecular complexity index is 271. The maximum Gasteiger partial charge on any atom is 0.410 e. The van der Waals surface area contributed by atoms with Gasteiger partial charge in [-0.3, -0.25) is 0 Å². The minimum atomic E-state index is -0.454. The van der Waals surface area contributed by atoms with Crippen LogP contribution in [0.4, 0.5) is 4.79 Å². The van der Waals surface area contributed by atoms with Gasteiger partial charge in [0.2, 0.25) is 0 Å². The van der Waals surface area contributed by atoms with E-state index >= 15 is 0 Å². The third kappa shape index (κ3) is 1.95. The van der Waals surface area contributed by atoms with Gasteiger partial charge >= 0.3 is 6.09 Å². The number of aliphatic hydroxyl groups is 1. The summed E-state index contributed by atoms with van der Waals surface area (Å²) in [5.74, 6) is 0.266. The first-order valence-electron chi connectivity index (χ1n) is 5.56. The predicted molar refractivity (Wildman–Crippen MR) is 55.5 cm³/mol. The summed E-state index contributed by atoms with van der Waals surface area (Å²) in [6.07, 6.45) is 1.32. The average molecular weight is 213 g/mol. The van der Waals surface area contributed by atoms with Crippen molar-refractivity contribution in [1.82, 2.24) is 4.90 Å². The Morgan fingerprint density at radius 1 is 1.40 bits per heavy atom. The van der Waals surface area contributed by atoms with Gasteiger partial charge in [0.25, 0.3) is 0 Å². The van der Waals surface area contributed by atoms with E-state index in [0.717, 1.165) is 12.8 Å². The third-order valence-corrected chi connectivity index (χ3v) is 3.17. The van der Waals surface area contributed by atoms with Gasteiger partial charge in [-0.1, -0.05) is 0 Å². The number of nitrogens with zero attached hydrogens (tertiary/aromatic N) is 1. The van der Waals surface area contributed by atoms with Gasteiger partial charge in [-0.25, -0.2) is 4.79 Å². The van der Waals surface area contributed by atoms with Crippen LogP contribution in [-0.4, -0.2) is 40.4 Å². The molecule has 0 aromatic rings. The number of aliphatic hydroxyl groups excluding tert-OH is 1. The molecular weight excluding hydrogens is 194 g/mol. The van der Waals surface area contributed by atoms with Crippen LogP contribution in [0.3, 0.4) is 0 Å². The van der Waals surface area contributed by atoms with E-state index < -0.39 is 5.60 Å². The second kappa shape index (κ2) is 3.37. The lowest BCUT2D eigenvalue weighted by molar-refractivity contribution is 0.0151. The SMILES string of the molecule is CC(C)(C)OC(=O)N1CC2CC[C@@H]1C2O. The lowest BCUT2D eigenvalue weighted by Gasteiger charge is -2.29.